The number of nitrogens with two attached hydrogens (primary N) is 1. The van der Waals surface area contributed by atoms with Crippen LogP contribution < -0.4 is 5.73 Å². The highest BCUT2D eigenvalue weighted by molar-refractivity contribution is 6.10. The second-order valence-electron chi connectivity index (χ2n) is 6.08. The molecule has 130 valence electrons. The molecule has 7 heteroatoms. The number of carboxylic acid groups (broad SMARTS) is 1. The van der Waals surface area contributed by atoms with E-state index in [-0.39, 0.29) is 12.0 Å². The van der Waals surface area contributed by atoms with E-state index in [1.54, 1.807) is 30.7 Å². The summed E-state index contributed by atoms with van der Waals surface area (Å²) in [5.74, 6) is -1.39. The van der Waals surface area contributed by atoms with E-state index in [1.807, 2.05) is 33.5 Å². The Morgan fingerprint density at radius 3 is 2.46 bits per heavy atom. The van der Waals surface area contributed by atoms with Crippen LogP contribution in [-0.4, -0.2) is 31.1 Å². The fourth-order valence-electron chi connectivity index (χ4n) is 3.25. The van der Waals surface area contributed by atoms with Crippen LogP contribution in [0.4, 0.5) is 0 Å². The number of hydrogen-bond acceptors (Lipinski definition) is 3. The first kappa shape index (κ1) is 15.9. The van der Waals surface area contributed by atoms with Crippen molar-refractivity contribution in [1.29, 1.82) is 0 Å². The van der Waals surface area contributed by atoms with Gasteiger partial charge in [-0.15, -0.1) is 0 Å². The molecule has 4 rings (SSSR count). The predicted molar refractivity (Wildman–Crippen MR) is 97.3 cm³/mol. The quantitative estimate of drug-likeness (QED) is 0.578. The van der Waals surface area contributed by atoms with Crippen LogP contribution in [0, 0.1) is 0 Å². The standard InChI is InChI=1S/C19H16N4O3/c20-18(24)5-7-23-16-9-12(19(25)26)1-3-14(16)15-4-2-13(10-17(15)23)22-8-6-21-11-22/h1-4,6,8-11H,5,7H2,(H2,20,24)(H,25,26). The van der Waals surface area contributed by atoms with Gasteiger partial charge in [0.15, 0.2) is 0 Å². The van der Waals surface area contributed by atoms with Crippen molar-refractivity contribution in [1.82, 2.24) is 14.1 Å². The zero-order valence-electron chi connectivity index (χ0n) is 13.8. The van der Waals surface area contributed by atoms with Gasteiger partial charge in [-0.1, -0.05) is 12.1 Å². The number of aromatic carboxylic acids is 1. The fourth-order valence-corrected chi connectivity index (χ4v) is 3.25. The van der Waals surface area contributed by atoms with Crippen molar-refractivity contribution in [3.8, 4) is 5.69 Å². The highest BCUT2D eigenvalue weighted by Gasteiger charge is 2.14. The van der Waals surface area contributed by atoms with E-state index < -0.39 is 11.9 Å². The van der Waals surface area contributed by atoms with E-state index in [4.69, 9.17) is 5.73 Å². The molecule has 0 aliphatic rings. The maximum atomic E-state index is 11.4. The summed E-state index contributed by atoms with van der Waals surface area (Å²) in [5, 5.41) is 11.2. The predicted octanol–water partition coefficient (Wildman–Crippen LogP) is 2.55. The minimum atomic E-state index is -0.988. The number of rotatable bonds is 5. The number of aromatic nitrogens is 3. The maximum absolute atomic E-state index is 11.4. The number of primary amides is 1. The Kier molecular flexibility index (Phi) is 3.69. The molecule has 2 aromatic heterocycles. The Morgan fingerprint density at radius 1 is 1.08 bits per heavy atom. The molecule has 0 saturated heterocycles. The Hall–Kier alpha value is -3.61. The third-order valence-corrected chi connectivity index (χ3v) is 4.48. The number of amides is 1. The summed E-state index contributed by atoms with van der Waals surface area (Å²) in [6, 6.07) is 11.0. The summed E-state index contributed by atoms with van der Waals surface area (Å²) >= 11 is 0. The second-order valence-corrected chi connectivity index (χ2v) is 6.08. The first-order valence-electron chi connectivity index (χ1n) is 8.10. The number of benzene rings is 2. The van der Waals surface area contributed by atoms with Crippen molar-refractivity contribution in [2.45, 2.75) is 13.0 Å². The van der Waals surface area contributed by atoms with E-state index in [0.717, 1.165) is 27.5 Å². The smallest absolute Gasteiger partial charge is 0.335 e. The molecule has 0 fully saturated rings. The molecule has 0 aliphatic carbocycles. The number of carbonyl (C=O) groups excluding carboxylic acids is 1. The molecule has 7 nitrogen and oxygen atoms in total. The van der Waals surface area contributed by atoms with Crippen molar-refractivity contribution in [2.75, 3.05) is 0 Å². The summed E-state index contributed by atoms with van der Waals surface area (Å²) in [5.41, 5.74) is 8.13. The molecule has 2 aromatic carbocycles. The summed E-state index contributed by atoms with van der Waals surface area (Å²) in [6.07, 6.45) is 5.43. The van der Waals surface area contributed by atoms with E-state index in [0.29, 0.717) is 6.54 Å². The third kappa shape index (κ3) is 2.59. The lowest BCUT2D eigenvalue weighted by molar-refractivity contribution is -0.118. The lowest BCUT2D eigenvalue weighted by Crippen LogP contribution is -2.14. The molecular weight excluding hydrogens is 332 g/mol. The van der Waals surface area contributed by atoms with Crippen molar-refractivity contribution < 1.29 is 14.7 Å². The van der Waals surface area contributed by atoms with Crippen molar-refractivity contribution in [3.05, 3.63) is 60.7 Å². The van der Waals surface area contributed by atoms with Gasteiger partial charge >= 0.3 is 5.97 Å². The first-order valence-corrected chi connectivity index (χ1v) is 8.10. The second kappa shape index (κ2) is 6.03. The molecule has 3 N–H and O–H groups in total. The number of fused-ring (bicyclic) bond motifs is 3. The molecule has 26 heavy (non-hydrogen) atoms. The zero-order valence-corrected chi connectivity index (χ0v) is 13.8. The van der Waals surface area contributed by atoms with Crippen LogP contribution in [0.1, 0.15) is 16.8 Å². The van der Waals surface area contributed by atoms with Crippen LogP contribution in [0.5, 0.6) is 0 Å². The van der Waals surface area contributed by atoms with Gasteiger partial charge in [0.05, 0.1) is 17.4 Å². The van der Waals surface area contributed by atoms with Crippen LogP contribution in [0.3, 0.4) is 0 Å². The van der Waals surface area contributed by atoms with Gasteiger partial charge in [-0.3, -0.25) is 4.79 Å². The summed E-state index contributed by atoms with van der Waals surface area (Å²) in [6.45, 7) is 0.381. The Balaban J connectivity index is 1.99. The average Bonchev–Trinajstić information content (AvgIpc) is 3.25. The van der Waals surface area contributed by atoms with Crippen LogP contribution in [-0.2, 0) is 11.3 Å². The molecule has 0 aliphatic heterocycles. The molecule has 0 atom stereocenters. The van der Waals surface area contributed by atoms with Gasteiger partial charge in [0.25, 0.3) is 0 Å². The number of aryl methyl sites for hydroxylation is 1. The lowest BCUT2D eigenvalue weighted by atomic mass is 10.1. The normalized spacial score (nSPS) is 11.2. The third-order valence-electron chi connectivity index (χ3n) is 4.48. The van der Waals surface area contributed by atoms with E-state index >= 15 is 0 Å². The molecular formula is C19H16N4O3. The minimum Gasteiger partial charge on any atom is -0.478 e. The van der Waals surface area contributed by atoms with Crippen LogP contribution >= 0.6 is 0 Å². The summed E-state index contributed by atoms with van der Waals surface area (Å²) < 4.78 is 3.83. The van der Waals surface area contributed by atoms with Crippen molar-refractivity contribution in [2.24, 2.45) is 5.73 Å². The fraction of sp³-hybridized carbons (Fsp3) is 0.105. The van der Waals surface area contributed by atoms with Crippen LogP contribution in [0.2, 0.25) is 0 Å². The summed E-state index contributed by atoms with van der Waals surface area (Å²) in [4.78, 5) is 26.7. The van der Waals surface area contributed by atoms with Gasteiger partial charge in [-0.05, 0) is 24.3 Å². The van der Waals surface area contributed by atoms with Crippen molar-refractivity contribution in [3.63, 3.8) is 0 Å². The molecule has 1 amide bonds. The van der Waals surface area contributed by atoms with E-state index in [2.05, 4.69) is 4.98 Å². The molecule has 0 saturated carbocycles. The van der Waals surface area contributed by atoms with Gasteiger partial charge in [0.1, 0.15) is 0 Å². The SMILES string of the molecule is NC(=O)CCn1c2cc(C(=O)O)ccc2c2ccc(-n3ccnc3)cc21. The highest BCUT2D eigenvalue weighted by Crippen LogP contribution is 2.31. The number of carboxylic acids is 1. The Labute approximate surface area is 148 Å². The van der Waals surface area contributed by atoms with Gasteiger partial charge in [0, 0.05) is 47.3 Å². The van der Waals surface area contributed by atoms with E-state index in [9.17, 15) is 14.7 Å². The summed E-state index contributed by atoms with van der Waals surface area (Å²) in [7, 11) is 0. The monoisotopic (exact) mass is 348 g/mol. The van der Waals surface area contributed by atoms with Gasteiger partial charge in [0.2, 0.25) is 5.91 Å². The topological polar surface area (TPSA) is 103 Å². The Bertz CT molecular complexity index is 1140. The van der Waals surface area contributed by atoms with E-state index in [1.165, 1.54) is 0 Å². The Morgan fingerprint density at radius 2 is 1.81 bits per heavy atom. The van der Waals surface area contributed by atoms with Gasteiger partial charge < -0.3 is 20.0 Å². The molecule has 0 radical (unpaired) electrons. The maximum Gasteiger partial charge on any atom is 0.335 e. The van der Waals surface area contributed by atoms with Crippen molar-refractivity contribution >= 4 is 33.7 Å². The molecule has 4 aromatic rings. The van der Waals surface area contributed by atoms with Gasteiger partial charge in [-0.2, -0.15) is 0 Å². The van der Waals surface area contributed by atoms with Crippen LogP contribution in [0.15, 0.2) is 55.1 Å². The average molecular weight is 348 g/mol. The molecule has 0 spiro atoms. The minimum absolute atomic E-state index is 0.172. The number of carbonyl (C=O) groups is 2. The first-order chi connectivity index (χ1) is 12.5. The van der Waals surface area contributed by atoms with Crippen LogP contribution in [0.25, 0.3) is 27.5 Å². The number of imidazole rings is 1. The number of hydrogen-bond donors (Lipinski definition) is 2. The van der Waals surface area contributed by atoms with Gasteiger partial charge in [-0.25, -0.2) is 9.78 Å². The zero-order chi connectivity index (χ0) is 18.3. The molecule has 0 bridgehead atoms. The lowest BCUT2D eigenvalue weighted by Gasteiger charge is -2.08. The molecule has 2 heterocycles. The number of nitrogens with zero attached hydrogens (tertiary/aromatic N) is 3. The largest absolute Gasteiger partial charge is 0.478 e. The molecule has 0 unspecified atom stereocenters. The highest BCUT2D eigenvalue weighted by atomic mass is 16.4.